The molecule has 9 heteroatoms. The van der Waals surface area contributed by atoms with Crippen LogP contribution in [0.15, 0.2) is 47.6 Å². The summed E-state index contributed by atoms with van der Waals surface area (Å²) in [6.45, 7) is 4.76. The lowest BCUT2D eigenvalue weighted by Gasteiger charge is -2.10. The first-order chi connectivity index (χ1) is 14.0. The van der Waals surface area contributed by atoms with E-state index in [1.807, 2.05) is 42.7 Å². The maximum Gasteiger partial charge on any atom is 0.234 e. The maximum absolute atomic E-state index is 13.6. The van der Waals surface area contributed by atoms with Gasteiger partial charge in [0.2, 0.25) is 5.91 Å². The number of halogens is 2. The third-order valence-corrected chi connectivity index (χ3v) is 5.06. The number of nitrogens with zero attached hydrogens (tertiary/aromatic N) is 3. The number of rotatable bonds is 8. The van der Waals surface area contributed by atoms with Crippen molar-refractivity contribution in [1.29, 1.82) is 0 Å². The van der Waals surface area contributed by atoms with Crippen molar-refractivity contribution in [3.05, 3.63) is 65.5 Å². The lowest BCUT2D eigenvalue weighted by molar-refractivity contribution is -0.113. The van der Waals surface area contributed by atoms with Crippen LogP contribution in [-0.2, 0) is 17.9 Å². The van der Waals surface area contributed by atoms with Crippen LogP contribution in [0.5, 0.6) is 5.75 Å². The van der Waals surface area contributed by atoms with Crippen LogP contribution in [0.2, 0.25) is 0 Å². The number of nitrogens with one attached hydrogen (secondary N) is 1. The second kappa shape index (κ2) is 9.51. The van der Waals surface area contributed by atoms with Gasteiger partial charge >= 0.3 is 0 Å². The van der Waals surface area contributed by atoms with Crippen molar-refractivity contribution in [1.82, 2.24) is 14.8 Å². The number of aryl methyl sites for hydroxylation is 1. The minimum atomic E-state index is -0.823. The predicted molar refractivity (Wildman–Crippen MR) is 107 cm³/mol. The van der Waals surface area contributed by atoms with E-state index in [-0.39, 0.29) is 18.0 Å². The molecule has 0 radical (unpaired) electrons. The van der Waals surface area contributed by atoms with Crippen molar-refractivity contribution in [3.8, 4) is 5.75 Å². The monoisotopic (exact) mass is 418 g/mol. The van der Waals surface area contributed by atoms with E-state index >= 15 is 0 Å². The third kappa shape index (κ3) is 5.32. The van der Waals surface area contributed by atoms with Crippen LogP contribution in [0.25, 0.3) is 0 Å². The van der Waals surface area contributed by atoms with E-state index in [0.29, 0.717) is 17.5 Å². The van der Waals surface area contributed by atoms with Crippen molar-refractivity contribution in [2.24, 2.45) is 0 Å². The smallest absolute Gasteiger partial charge is 0.234 e. The molecule has 29 heavy (non-hydrogen) atoms. The Morgan fingerprint density at radius 1 is 1.21 bits per heavy atom. The van der Waals surface area contributed by atoms with Gasteiger partial charge in [-0.05, 0) is 37.6 Å². The van der Waals surface area contributed by atoms with Gasteiger partial charge in [-0.15, -0.1) is 10.2 Å². The van der Waals surface area contributed by atoms with E-state index in [0.717, 1.165) is 23.4 Å². The summed E-state index contributed by atoms with van der Waals surface area (Å²) in [6, 6.07) is 10.7. The van der Waals surface area contributed by atoms with Crippen LogP contribution < -0.4 is 10.1 Å². The average Bonchev–Trinajstić information content (AvgIpc) is 3.10. The minimum Gasteiger partial charge on any atom is -0.485 e. The topological polar surface area (TPSA) is 69.0 Å². The number of hydrogen-bond acceptors (Lipinski definition) is 5. The molecule has 3 aromatic rings. The van der Waals surface area contributed by atoms with Crippen molar-refractivity contribution >= 4 is 23.4 Å². The van der Waals surface area contributed by atoms with Gasteiger partial charge < -0.3 is 14.6 Å². The molecule has 0 aliphatic heterocycles. The Morgan fingerprint density at radius 2 is 2.00 bits per heavy atom. The molecule has 0 unspecified atom stereocenters. The highest BCUT2D eigenvalue weighted by molar-refractivity contribution is 7.99. The Morgan fingerprint density at radius 3 is 2.72 bits per heavy atom. The van der Waals surface area contributed by atoms with Crippen molar-refractivity contribution in [2.75, 3.05) is 11.1 Å². The number of thioether (sulfide) groups is 1. The van der Waals surface area contributed by atoms with Gasteiger partial charge in [-0.3, -0.25) is 4.79 Å². The van der Waals surface area contributed by atoms with Gasteiger partial charge in [-0.1, -0.05) is 30.0 Å². The zero-order valence-corrected chi connectivity index (χ0v) is 16.8. The highest BCUT2D eigenvalue weighted by atomic mass is 32.2. The Hall–Kier alpha value is -2.94. The van der Waals surface area contributed by atoms with Gasteiger partial charge in [0.25, 0.3) is 0 Å². The first kappa shape index (κ1) is 20.8. The van der Waals surface area contributed by atoms with E-state index in [1.54, 1.807) is 0 Å². The van der Waals surface area contributed by atoms with Crippen molar-refractivity contribution < 1.29 is 18.3 Å². The number of ether oxygens (including phenoxy) is 1. The Labute approximate surface area is 171 Å². The van der Waals surface area contributed by atoms with Crippen molar-refractivity contribution in [3.63, 3.8) is 0 Å². The maximum atomic E-state index is 13.6. The zero-order chi connectivity index (χ0) is 20.8. The van der Waals surface area contributed by atoms with E-state index in [9.17, 15) is 13.6 Å². The number of aromatic nitrogens is 3. The molecular weight excluding hydrogens is 398 g/mol. The lowest BCUT2D eigenvalue weighted by atomic mass is 10.2. The molecule has 1 aromatic heterocycles. The molecule has 0 aliphatic carbocycles. The summed E-state index contributed by atoms with van der Waals surface area (Å²) in [5.74, 6) is -0.532. The molecule has 0 saturated carbocycles. The molecule has 1 amide bonds. The molecule has 1 heterocycles. The number of hydrogen-bond donors (Lipinski definition) is 1. The molecule has 0 saturated heterocycles. The van der Waals surface area contributed by atoms with E-state index in [1.165, 1.54) is 17.8 Å². The lowest BCUT2D eigenvalue weighted by Crippen LogP contribution is -2.16. The van der Waals surface area contributed by atoms with Crippen LogP contribution >= 0.6 is 11.8 Å². The first-order valence-corrected chi connectivity index (χ1v) is 9.94. The summed E-state index contributed by atoms with van der Waals surface area (Å²) in [5.41, 5.74) is 0.954. The molecule has 2 aromatic carbocycles. The number of amides is 1. The normalized spacial score (nSPS) is 10.8. The molecule has 1 N–H and O–H groups in total. The van der Waals surface area contributed by atoms with Crippen molar-refractivity contribution in [2.45, 2.75) is 32.2 Å². The van der Waals surface area contributed by atoms with Gasteiger partial charge in [0.05, 0.1) is 11.4 Å². The van der Waals surface area contributed by atoms with Crippen LogP contribution in [0, 0.1) is 18.6 Å². The number of para-hydroxylation sites is 1. The summed E-state index contributed by atoms with van der Waals surface area (Å²) >= 11 is 1.18. The molecule has 0 spiro atoms. The fourth-order valence-electron chi connectivity index (χ4n) is 2.62. The molecule has 0 bridgehead atoms. The van der Waals surface area contributed by atoms with Gasteiger partial charge in [0, 0.05) is 12.6 Å². The molecule has 152 valence electrons. The first-order valence-electron chi connectivity index (χ1n) is 8.96. The Bertz CT molecular complexity index is 1010. The SMILES string of the molecule is CCn1c(COc2ccccc2C)nnc1SCC(=O)Nc1ccc(F)cc1F. The average molecular weight is 418 g/mol. The molecular formula is C20H20F2N4O2S. The summed E-state index contributed by atoms with van der Waals surface area (Å²) < 4.78 is 34.3. The van der Waals surface area contributed by atoms with E-state index in [4.69, 9.17) is 4.74 Å². The Kier molecular flexibility index (Phi) is 6.82. The number of benzene rings is 2. The largest absolute Gasteiger partial charge is 0.485 e. The van der Waals surface area contributed by atoms with E-state index < -0.39 is 17.5 Å². The van der Waals surface area contributed by atoms with Crippen LogP contribution in [0.1, 0.15) is 18.3 Å². The third-order valence-electron chi connectivity index (χ3n) is 4.10. The van der Waals surface area contributed by atoms with Crippen LogP contribution in [0.3, 0.4) is 0 Å². The quantitative estimate of drug-likeness (QED) is 0.556. The summed E-state index contributed by atoms with van der Waals surface area (Å²) in [7, 11) is 0. The number of anilines is 1. The molecule has 3 rings (SSSR count). The summed E-state index contributed by atoms with van der Waals surface area (Å²) in [4.78, 5) is 12.1. The molecule has 0 fully saturated rings. The molecule has 0 aliphatic rings. The fraction of sp³-hybridized carbons (Fsp3) is 0.250. The van der Waals surface area contributed by atoms with Gasteiger partial charge in [0.15, 0.2) is 11.0 Å². The van der Waals surface area contributed by atoms with Gasteiger partial charge in [0.1, 0.15) is 24.0 Å². The Balaban J connectivity index is 1.59. The zero-order valence-electron chi connectivity index (χ0n) is 16.0. The summed E-state index contributed by atoms with van der Waals surface area (Å²) in [5, 5.41) is 11.3. The predicted octanol–water partition coefficient (Wildman–Crippen LogP) is 4.19. The standard InChI is InChI=1S/C20H20F2N4O2S/c1-3-26-18(11-28-17-7-5-4-6-13(17)2)24-25-20(26)29-12-19(27)23-16-9-8-14(21)10-15(16)22/h4-10H,3,11-12H2,1-2H3,(H,23,27). The number of carbonyl (C=O) groups is 1. The highest BCUT2D eigenvalue weighted by Crippen LogP contribution is 2.21. The highest BCUT2D eigenvalue weighted by Gasteiger charge is 2.15. The number of carbonyl (C=O) groups excluding carboxylic acids is 1. The molecule has 6 nitrogen and oxygen atoms in total. The minimum absolute atomic E-state index is 0.00754. The second-order valence-corrected chi connectivity index (χ2v) is 7.10. The molecule has 0 atom stereocenters. The van der Waals surface area contributed by atoms with Crippen LogP contribution in [-0.4, -0.2) is 26.4 Å². The van der Waals surface area contributed by atoms with Gasteiger partial charge in [-0.25, -0.2) is 8.78 Å². The van der Waals surface area contributed by atoms with E-state index in [2.05, 4.69) is 15.5 Å². The van der Waals surface area contributed by atoms with Gasteiger partial charge in [-0.2, -0.15) is 0 Å². The second-order valence-electron chi connectivity index (χ2n) is 6.16. The fourth-order valence-corrected chi connectivity index (χ4v) is 3.44. The summed E-state index contributed by atoms with van der Waals surface area (Å²) in [6.07, 6.45) is 0. The van der Waals surface area contributed by atoms with Crippen LogP contribution in [0.4, 0.5) is 14.5 Å².